The number of halogens is 1. The predicted molar refractivity (Wildman–Crippen MR) is 98.6 cm³/mol. The van der Waals surface area contributed by atoms with E-state index in [2.05, 4.69) is 20.6 Å². The van der Waals surface area contributed by atoms with E-state index in [1.807, 2.05) is 24.3 Å². The Morgan fingerprint density at radius 3 is 2.62 bits per heavy atom. The number of benzene rings is 2. The number of carbonyl (C=O) groups excluding carboxylic acids is 2. The zero-order chi connectivity index (χ0) is 18.5. The largest absolute Gasteiger partial charge is 0.325 e. The number of amides is 3. The smallest absolute Gasteiger partial charge is 0.305 e. The van der Waals surface area contributed by atoms with Gasteiger partial charge in [-0.3, -0.25) is 10.1 Å². The van der Waals surface area contributed by atoms with Gasteiger partial charge < -0.3 is 5.32 Å². The van der Waals surface area contributed by atoms with Crippen molar-refractivity contribution in [1.82, 2.24) is 15.3 Å². The highest BCUT2D eigenvalue weighted by Gasteiger charge is 2.12. The van der Waals surface area contributed by atoms with Crippen molar-refractivity contribution >= 4 is 40.3 Å². The fourth-order valence-electron chi connectivity index (χ4n) is 2.28. The number of imide groups is 1. The van der Waals surface area contributed by atoms with Gasteiger partial charge in [0.15, 0.2) is 0 Å². The van der Waals surface area contributed by atoms with Crippen LogP contribution in [0.15, 0.2) is 53.6 Å². The molecular formula is C18H15FN4O2S. The maximum Gasteiger partial charge on any atom is 0.325 e. The maximum atomic E-state index is 13.5. The number of urea groups is 1. The Morgan fingerprint density at radius 2 is 1.81 bits per heavy atom. The predicted octanol–water partition coefficient (Wildman–Crippen LogP) is 3.52. The van der Waals surface area contributed by atoms with Gasteiger partial charge in [-0.2, -0.15) is 0 Å². The van der Waals surface area contributed by atoms with Crippen molar-refractivity contribution in [1.29, 1.82) is 0 Å². The Kier molecular flexibility index (Phi) is 5.43. The summed E-state index contributed by atoms with van der Waals surface area (Å²) >= 11 is 1.21. The van der Waals surface area contributed by atoms with Crippen LogP contribution in [0.4, 0.5) is 14.9 Å². The van der Waals surface area contributed by atoms with Crippen LogP contribution in [0.5, 0.6) is 0 Å². The van der Waals surface area contributed by atoms with Crippen LogP contribution in [0, 0.1) is 12.7 Å². The Balaban J connectivity index is 1.61. The molecule has 8 heteroatoms. The Morgan fingerprint density at radius 1 is 1.08 bits per heavy atom. The van der Waals surface area contributed by atoms with E-state index < -0.39 is 17.8 Å². The van der Waals surface area contributed by atoms with Gasteiger partial charge in [-0.15, -0.1) is 0 Å². The molecule has 6 nitrogen and oxygen atoms in total. The molecule has 1 heterocycles. The van der Waals surface area contributed by atoms with Gasteiger partial charge in [0, 0.05) is 5.39 Å². The number of hydrogen-bond donors (Lipinski definition) is 2. The molecule has 3 aromatic rings. The second kappa shape index (κ2) is 7.92. The summed E-state index contributed by atoms with van der Waals surface area (Å²) in [6.45, 7) is 1.78. The lowest BCUT2D eigenvalue weighted by molar-refractivity contribution is -0.117. The number of aromatic nitrogens is 2. The average Bonchev–Trinajstić information content (AvgIpc) is 2.61. The van der Waals surface area contributed by atoms with Gasteiger partial charge in [0.25, 0.3) is 0 Å². The number of para-hydroxylation sites is 2. The van der Waals surface area contributed by atoms with Crippen LogP contribution in [0.3, 0.4) is 0 Å². The summed E-state index contributed by atoms with van der Waals surface area (Å²) < 4.78 is 13.5. The maximum absolute atomic E-state index is 13.5. The first kappa shape index (κ1) is 17.8. The second-order valence-electron chi connectivity index (χ2n) is 5.36. The van der Waals surface area contributed by atoms with E-state index in [1.54, 1.807) is 13.0 Å². The highest BCUT2D eigenvalue weighted by Crippen LogP contribution is 2.24. The molecule has 0 atom stereocenters. The third-order valence-electron chi connectivity index (χ3n) is 3.40. The lowest BCUT2D eigenvalue weighted by Gasteiger charge is -2.08. The fourth-order valence-corrected chi connectivity index (χ4v) is 3.15. The van der Waals surface area contributed by atoms with Crippen LogP contribution >= 0.6 is 11.8 Å². The van der Waals surface area contributed by atoms with E-state index in [-0.39, 0.29) is 11.4 Å². The number of hydrogen-bond acceptors (Lipinski definition) is 5. The monoisotopic (exact) mass is 370 g/mol. The van der Waals surface area contributed by atoms with Gasteiger partial charge in [0.1, 0.15) is 16.7 Å². The average molecular weight is 370 g/mol. The zero-order valence-corrected chi connectivity index (χ0v) is 14.6. The Hall–Kier alpha value is -3.00. The van der Waals surface area contributed by atoms with Crippen LogP contribution in [-0.4, -0.2) is 27.7 Å². The molecule has 0 aliphatic carbocycles. The molecule has 3 amide bonds. The molecule has 1 aromatic heterocycles. The SMILES string of the molecule is Cc1nc(SCC(=O)NC(=O)Nc2ccccc2F)c2ccccc2n1. The van der Waals surface area contributed by atoms with Gasteiger partial charge in [0.05, 0.1) is 17.0 Å². The summed E-state index contributed by atoms with van der Waals surface area (Å²) in [5.74, 6) is -0.494. The van der Waals surface area contributed by atoms with Gasteiger partial charge in [-0.05, 0) is 25.1 Å². The number of carbonyl (C=O) groups is 2. The Labute approximate surface area is 153 Å². The quantitative estimate of drug-likeness (QED) is 0.542. The third-order valence-corrected chi connectivity index (χ3v) is 4.39. The lowest BCUT2D eigenvalue weighted by Crippen LogP contribution is -2.35. The Bertz CT molecular complexity index is 980. The lowest BCUT2D eigenvalue weighted by atomic mass is 10.2. The van der Waals surface area contributed by atoms with Crippen molar-refractivity contribution in [2.45, 2.75) is 11.9 Å². The zero-order valence-electron chi connectivity index (χ0n) is 13.8. The number of nitrogens with one attached hydrogen (secondary N) is 2. The van der Waals surface area contributed by atoms with Crippen molar-refractivity contribution < 1.29 is 14.0 Å². The standard InChI is InChI=1S/C18H15FN4O2S/c1-11-20-14-8-4-2-6-12(14)17(21-11)26-10-16(24)23-18(25)22-15-9-5-3-7-13(15)19/h2-9H,10H2,1H3,(H2,22,23,24,25). The molecule has 2 aromatic carbocycles. The summed E-state index contributed by atoms with van der Waals surface area (Å²) in [7, 11) is 0. The van der Waals surface area contributed by atoms with Crippen LogP contribution in [-0.2, 0) is 4.79 Å². The first-order valence-electron chi connectivity index (χ1n) is 7.74. The molecular weight excluding hydrogens is 355 g/mol. The molecule has 132 valence electrons. The van der Waals surface area contributed by atoms with Crippen molar-refractivity contribution in [3.05, 3.63) is 60.2 Å². The molecule has 3 rings (SSSR count). The van der Waals surface area contributed by atoms with Gasteiger partial charge in [0.2, 0.25) is 5.91 Å². The number of rotatable bonds is 4. The first-order chi connectivity index (χ1) is 12.5. The van der Waals surface area contributed by atoms with Crippen molar-refractivity contribution in [3.63, 3.8) is 0 Å². The third kappa shape index (κ3) is 4.34. The first-order valence-corrected chi connectivity index (χ1v) is 8.73. The molecule has 0 radical (unpaired) electrons. The van der Waals surface area contributed by atoms with Crippen molar-refractivity contribution in [2.75, 3.05) is 11.1 Å². The van der Waals surface area contributed by atoms with E-state index >= 15 is 0 Å². The summed E-state index contributed by atoms with van der Waals surface area (Å²) in [6.07, 6.45) is 0. The van der Waals surface area contributed by atoms with E-state index in [0.29, 0.717) is 10.9 Å². The minimum Gasteiger partial charge on any atom is -0.305 e. The number of aryl methyl sites for hydroxylation is 1. The van der Waals surface area contributed by atoms with Crippen molar-refractivity contribution in [2.24, 2.45) is 0 Å². The summed E-state index contributed by atoms with van der Waals surface area (Å²) in [4.78, 5) is 32.5. The summed E-state index contributed by atoms with van der Waals surface area (Å²) in [6, 6.07) is 12.4. The minimum absolute atomic E-state index is 0.00266. The number of fused-ring (bicyclic) bond motifs is 1. The molecule has 0 aliphatic rings. The molecule has 0 aliphatic heterocycles. The summed E-state index contributed by atoms with van der Waals surface area (Å²) in [5, 5.41) is 5.97. The molecule has 0 unspecified atom stereocenters. The molecule has 0 saturated heterocycles. The van der Waals surface area contributed by atoms with E-state index in [9.17, 15) is 14.0 Å². The molecule has 0 fully saturated rings. The van der Waals surface area contributed by atoms with Crippen LogP contribution in [0.2, 0.25) is 0 Å². The van der Waals surface area contributed by atoms with E-state index in [0.717, 1.165) is 10.9 Å². The minimum atomic E-state index is -0.788. The van der Waals surface area contributed by atoms with Crippen LogP contribution in [0.1, 0.15) is 5.82 Å². The van der Waals surface area contributed by atoms with Crippen molar-refractivity contribution in [3.8, 4) is 0 Å². The molecule has 0 bridgehead atoms. The number of nitrogens with zero attached hydrogens (tertiary/aromatic N) is 2. The highest BCUT2D eigenvalue weighted by atomic mass is 32.2. The molecule has 26 heavy (non-hydrogen) atoms. The normalized spacial score (nSPS) is 10.5. The van der Waals surface area contributed by atoms with Gasteiger partial charge in [-0.25, -0.2) is 19.2 Å². The second-order valence-corrected chi connectivity index (χ2v) is 6.33. The fraction of sp³-hybridized carbons (Fsp3) is 0.111. The van der Waals surface area contributed by atoms with E-state index in [1.165, 1.54) is 30.0 Å². The topological polar surface area (TPSA) is 84.0 Å². The van der Waals surface area contributed by atoms with Gasteiger partial charge in [-0.1, -0.05) is 42.1 Å². The molecule has 0 saturated carbocycles. The highest BCUT2D eigenvalue weighted by molar-refractivity contribution is 8.00. The van der Waals surface area contributed by atoms with Gasteiger partial charge >= 0.3 is 6.03 Å². The molecule has 0 spiro atoms. The van der Waals surface area contributed by atoms with Crippen LogP contribution < -0.4 is 10.6 Å². The van der Waals surface area contributed by atoms with E-state index in [4.69, 9.17) is 0 Å². The summed E-state index contributed by atoms with van der Waals surface area (Å²) in [5.41, 5.74) is 0.795. The van der Waals surface area contributed by atoms with Crippen LogP contribution in [0.25, 0.3) is 10.9 Å². The number of thioether (sulfide) groups is 1. The molecule has 2 N–H and O–H groups in total. The number of anilines is 1.